The Kier molecular flexibility index (Phi) is 5.09. The van der Waals surface area contributed by atoms with Crippen LogP contribution < -0.4 is 10.6 Å². The highest BCUT2D eigenvalue weighted by atomic mass is 16.5. The Morgan fingerprint density at radius 2 is 2.10 bits per heavy atom. The highest BCUT2D eigenvalue weighted by molar-refractivity contribution is 5.82. The summed E-state index contributed by atoms with van der Waals surface area (Å²) in [5.74, 6) is -1.10. The largest absolute Gasteiger partial charge is 0.480 e. The zero-order chi connectivity index (χ0) is 14.4. The quantitative estimate of drug-likeness (QED) is 0.633. The van der Waals surface area contributed by atoms with Crippen molar-refractivity contribution < 1.29 is 19.4 Å². The van der Waals surface area contributed by atoms with Crippen molar-refractivity contribution in [2.75, 3.05) is 19.8 Å². The van der Waals surface area contributed by atoms with E-state index in [0.29, 0.717) is 19.5 Å². The predicted molar refractivity (Wildman–Crippen MR) is 72.2 cm³/mol. The molecule has 6 nitrogen and oxygen atoms in total. The number of nitrogens with one attached hydrogen (secondary N) is 2. The number of carbonyl (C=O) groups is 2. The maximum Gasteiger partial charge on any atom is 0.329 e. The Morgan fingerprint density at radius 1 is 1.35 bits per heavy atom. The second kappa shape index (κ2) is 7.02. The molecule has 0 fully saturated rings. The third kappa shape index (κ3) is 4.04. The first-order chi connectivity index (χ1) is 9.66. The second-order valence-corrected chi connectivity index (χ2v) is 4.64. The maximum absolute atomic E-state index is 12.0. The Morgan fingerprint density at radius 3 is 2.85 bits per heavy atom. The molecule has 0 radical (unpaired) electrons. The number of benzene rings is 1. The molecule has 1 amide bonds. The fourth-order valence-corrected chi connectivity index (χ4v) is 2.17. The first-order valence-electron chi connectivity index (χ1n) is 6.54. The van der Waals surface area contributed by atoms with Crippen LogP contribution in [0.1, 0.15) is 11.1 Å². The fraction of sp³-hybridized carbons (Fsp3) is 0.429. The lowest BCUT2D eigenvalue weighted by molar-refractivity contribution is -0.142. The molecule has 0 saturated heterocycles. The van der Waals surface area contributed by atoms with Gasteiger partial charge >= 0.3 is 5.97 Å². The molecule has 108 valence electrons. The second-order valence-electron chi connectivity index (χ2n) is 4.64. The molecule has 1 atom stereocenters. The molecule has 1 aromatic carbocycles. The lowest BCUT2D eigenvalue weighted by Gasteiger charge is -2.25. The zero-order valence-electron chi connectivity index (χ0n) is 11.1. The molecule has 0 bridgehead atoms. The third-order valence-electron chi connectivity index (χ3n) is 3.17. The van der Waals surface area contributed by atoms with Gasteiger partial charge in [0.2, 0.25) is 5.91 Å². The van der Waals surface area contributed by atoms with E-state index in [1.165, 1.54) is 11.1 Å². The van der Waals surface area contributed by atoms with Crippen LogP contribution >= 0.6 is 0 Å². The number of carboxylic acid groups (broad SMARTS) is 1. The predicted octanol–water partition coefficient (Wildman–Crippen LogP) is -0.0817. The van der Waals surface area contributed by atoms with Crippen molar-refractivity contribution in [3.05, 3.63) is 35.4 Å². The molecule has 20 heavy (non-hydrogen) atoms. The smallest absolute Gasteiger partial charge is 0.329 e. The van der Waals surface area contributed by atoms with Gasteiger partial charge in [0.1, 0.15) is 6.61 Å². The molecule has 0 spiro atoms. The Labute approximate surface area is 117 Å². The van der Waals surface area contributed by atoms with E-state index in [0.717, 1.165) is 0 Å². The minimum absolute atomic E-state index is 0.0848. The monoisotopic (exact) mass is 278 g/mol. The van der Waals surface area contributed by atoms with Crippen LogP contribution in [0.15, 0.2) is 24.3 Å². The third-order valence-corrected chi connectivity index (χ3v) is 3.17. The van der Waals surface area contributed by atoms with E-state index >= 15 is 0 Å². The van der Waals surface area contributed by atoms with Gasteiger partial charge < -0.3 is 20.5 Å². The van der Waals surface area contributed by atoms with Crippen LogP contribution in [0.5, 0.6) is 0 Å². The molecule has 0 saturated carbocycles. The van der Waals surface area contributed by atoms with E-state index in [1.807, 2.05) is 18.2 Å². The average molecular weight is 278 g/mol. The average Bonchev–Trinajstić information content (AvgIpc) is 2.46. The van der Waals surface area contributed by atoms with Gasteiger partial charge in [-0.1, -0.05) is 24.3 Å². The Balaban J connectivity index is 1.73. The van der Waals surface area contributed by atoms with E-state index in [1.54, 1.807) is 0 Å². The van der Waals surface area contributed by atoms with Gasteiger partial charge in [0.25, 0.3) is 0 Å². The molecule has 0 aromatic heterocycles. The number of amides is 1. The molecule has 1 heterocycles. The lowest BCUT2D eigenvalue weighted by atomic mass is 9.95. The molecule has 1 unspecified atom stereocenters. The topological polar surface area (TPSA) is 87.7 Å². The minimum Gasteiger partial charge on any atom is -0.480 e. The number of hydrogen-bond acceptors (Lipinski definition) is 4. The summed E-state index contributed by atoms with van der Waals surface area (Å²) in [7, 11) is 0. The van der Waals surface area contributed by atoms with Gasteiger partial charge in [0.05, 0.1) is 12.6 Å². The number of hydrogen-bond donors (Lipinski definition) is 3. The van der Waals surface area contributed by atoms with Crippen molar-refractivity contribution in [1.82, 2.24) is 10.6 Å². The molecular formula is C14H18N2O4. The van der Waals surface area contributed by atoms with Crippen molar-refractivity contribution in [3.63, 3.8) is 0 Å². The van der Waals surface area contributed by atoms with Gasteiger partial charge in [-0.05, 0) is 17.5 Å². The lowest BCUT2D eigenvalue weighted by Crippen LogP contribution is -2.48. The number of rotatable bonds is 6. The molecule has 6 heteroatoms. The van der Waals surface area contributed by atoms with E-state index in [9.17, 15) is 9.59 Å². The SMILES string of the molecule is O=C(O)COCCNC(=O)C1Cc2ccccc2CN1. The normalized spacial score (nSPS) is 17.3. The van der Waals surface area contributed by atoms with Crippen molar-refractivity contribution in [2.45, 2.75) is 19.0 Å². The van der Waals surface area contributed by atoms with Crippen LogP contribution in [0, 0.1) is 0 Å². The molecule has 1 aliphatic rings. The summed E-state index contributed by atoms with van der Waals surface area (Å²) >= 11 is 0. The van der Waals surface area contributed by atoms with Crippen molar-refractivity contribution in [2.24, 2.45) is 0 Å². The number of aliphatic carboxylic acids is 1. The highest BCUT2D eigenvalue weighted by Crippen LogP contribution is 2.16. The van der Waals surface area contributed by atoms with Crippen molar-refractivity contribution in [3.8, 4) is 0 Å². The Hall–Kier alpha value is -1.92. The summed E-state index contributed by atoms with van der Waals surface area (Å²) in [6.45, 7) is 0.849. The highest BCUT2D eigenvalue weighted by Gasteiger charge is 2.23. The van der Waals surface area contributed by atoms with Crippen LogP contribution in [0.3, 0.4) is 0 Å². The van der Waals surface area contributed by atoms with E-state index in [4.69, 9.17) is 9.84 Å². The van der Waals surface area contributed by atoms with Gasteiger partial charge in [-0.2, -0.15) is 0 Å². The van der Waals surface area contributed by atoms with Gasteiger partial charge in [0, 0.05) is 13.1 Å². The molecule has 2 rings (SSSR count). The molecule has 1 aliphatic heterocycles. The number of carboxylic acids is 1. The van der Waals surface area contributed by atoms with Crippen LogP contribution in [0.25, 0.3) is 0 Å². The molecular weight excluding hydrogens is 260 g/mol. The van der Waals surface area contributed by atoms with Crippen molar-refractivity contribution in [1.29, 1.82) is 0 Å². The summed E-state index contributed by atoms with van der Waals surface area (Å²) in [5, 5.41) is 14.3. The van der Waals surface area contributed by atoms with Gasteiger partial charge in [-0.15, -0.1) is 0 Å². The van der Waals surface area contributed by atoms with Crippen molar-refractivity contribution >= 4 is 11.9 Å². The summed E-state index contributed by atoms with van der Waals surface area (Å²) < 4.78 is 4.85. The van der Waals surface area contributed by atoms with Gasteiger partial charge in [-0.3, -0.25) is 4.79 Å². The van der Waals surface area contributed by atoms with Crippen LogP contribution in [0.2, 0.25) is 0 Å². The maximum atomic E-state index is 12.0. The van der Waals surface area contributed by atoms with Gasteiger partial charge in [0.15, 0.2) is 0 Å². The van der Waals surface area contributed by atoms with E-state index in [-0.39, 0.29) is 25.2 Å². The molecule has 0 aliphatic carbocycles. The van der Waals surface area contributed by atoms with E-state index in [2.05, 4.69) is 16.7 Å². The first kappa shape index (κ1) is 14.5. The van der Waals surface area contributed by atoms with Crippen LogP contribution in [-0.2, 0) is 27.3 Å². The number of fused-ring (bicyclic) bond motifs is 1. The summed E-state index contributed by atoms with van der Waals surface area (Å²) in [6, 6.07) is 7.80. The fourth-order valence-electron chi connectivity index (χ4n) is 2.17. The number of carbonyl (C=O) groups excluding carboxylic acids is 1. The zero-order valence-corrected chi connectivity index (χ0v) is 11.1. The summed E-state index contributed by atoms with van der Waals surface area (Å²) in [5.41, 5.74) is 2.41. The van der Waals surface area contributed by atoms with Crippen LogP contribution in [0.4, 0.5) is 0 Å². The minimum atomic E-state index is -1.01. The molecule has 1 aromatic rings. The first-order valence-corrected chi connectivity index (χ1v) is 6.54. The number of ether oxygens (including phenoxy) is 1. The Bertz CT molecular complexity index is 490. The summed E-state index contributed by atoms with van der Waals surface area (Å²) in [6.07, 6.45) is 0.665. The summed E-state index contributed by atoms with van der Waals surface area (Å²) in [4.78, 5) is 22.2. The molecule has 3 N–H and O–H groups in total. The standard InChI is InChI=1S/C14H18N2O4/c17-13(18)9-20-6-5-15-14(19)12-7-10-3-1-2-4-11(10)8-16-12/h1-4,12,16H,5-9H2,(H,15,19)(H,17,18). The van der Waals surface area contributed by atoms with E-state index < -0.39 is 5.97 Å². The van der Waals surface area contributed by atoms with Gasteiger partial charge in [-0.25, -0.2) is 4.79 Å². The van der Waals surface area contributed by atoms with Crippen LogP contribution in [-0.4, -0.2) is 42.8 Å².